The third-order valence-corrected chi connectivity index (χ3v) is 3.56. The van der Waals surface area contributed by atoms with Gasteiger partial charge in [0.15, 0.2) is 0 Å². The SMILES string of the molecule is COCCN1CC(O)=C(c2nc(C)cs2)C1=N. The van der Waals surface area contributed by atoms with Gasteiger partial charge in [-0.05, 0) is 6.92 Å². The Morgan fingerprint density at radius 3 is 3.00 bits per heavy atom. The highest BCUT2D eigenvalue weighted by molar-refractivity contribution is 7.11. The molecule has 2 rings (SSSR count). The van der Waals surface area contributed by atoms with Crippen LogP contribution in [0.1, 0.15) is 10.7 Å². The van der Waals surface area contributed by atoms with Crippen LogP contribution in [-0.4, -0.2) is 47.6 Å². The first kappa shape index (κ1) is 12.1. The normalized spacial score (nSPS) is 16.1. The van der Waals surface area contributed by atoms with E-state index in [1.54, 1.807) is 12.0 Å². The van der Waals surface area contributed by atoms with E-state index in [-0.39, 0.29) is 5.76 Å². The van der Waals surface area contributed by atoms with E-state index in [2.05, 4.69) is 4.98 Å². The first-order valence-corrected chi connectivity index (χ1v) is 6.19. The van der Waals surface area contributed by atoms with Crippen molar-refractivity contribution < 1.29 is 9.84 Å². The molecule has 0 saturated heterocycles. The van der Waals surface area contributed by atoms with Crippen molar-refractivity contribution in [1.82, 2.24) is 9.88 Å². The summed E-state index contributed by atoms with van der Waals surface area (Å²) in [6.07, 6.45) is 0. The van der Waals surface area contributed by atoms with Crippen LogP contribution in [0.15, 0.2) is 11.1 Å². The molecule has 2 heterocycles. The maximum Gasteiger partial charge on any atom is 0.135 e. The van der Waals surface area contributed by atoms with Crippen LogP contribution in [-0.2, 0) is 4.74 Å². The number of ether oxygens (including phenoxy) is 1. The second-order valence-corrected chi connectivity index (χ2v) is 4.74. The minimum atomic E-state index is 0.223. The molecular formula is C11H15N3O2S. The zero-order valence-corrected chi connectivity index (χ0v) is 10.7. The number of aromatic nitrogens is 1. The number of amidine groups is 1. The van der Waals surface area contributed by atoms with Crippen molar-refractivity contribution in [3.05, 3.63) is 21.8 Å². The molecule has 0 unspecified atom stereocenters. The van der Waals surface area contributed by atoms with Crippen molar-refractivity contribution >= 4 is 22.7 Å². The Kier molecular flexibility index (Phi) is 3.44. The molecule has 1 aromatic heterocycles. The van der Waals surface area contributed by atoms with Gasteiger partial charge in [0.1, 0.15) is 16.6 Å². The minimum absolute atomic E-state index is 0.223. The van der Waals surface area contributed by atoms with E-state index in [0.29, 0.717) is 36.1 Å². The van der Waals surface area contributed by atoms with E-state index in [1.165, 1.54) is 11.3 Å². The predicted molar refractivity (Wildman–Crippen MR) is 67.6 cm³/mol. The predicted octanol–water partition coefficient (Wildman–Crippen LogP) is 1.66. The first-order chi connectivity index (χ1) is 8.13. The molecule has 0 saturated carbocycles. The van der Waals surface area contributed by atoms with E-state index in [0.717, 1.165) is 5.69 Å². The molecular weight excluding hydrogens is 238 g/mol. The van der Waals surface area contributed by atoms with E-state index in [9.17, 15) is 5.11 Å². The van der Waals surface area contributed by atoms with Gasteiger partial charge in [-0.3, -0.25) is 5.41 Å². The molecule has 1 aromatic rings. The summed E-state index contributed by atoms with van der Waals surface area (Å²) in [7, 11) is 1.62. The summed E-state index contributed by atoms with van der Waals surface area (Å²) < 4.78 is 4.98. The summed E-state index contributed by atoms with van der Waals surface area (Å²) in [5.74, 6) is 0.550. The molecule has 92 valence electrons. The molecule has 17 heavy (non-hydrogen) atoms. The Bertz CT molecular complexity index is 467. The van der Waals surface area contributed by atoms with Crippen molar-refractivity contribution in [2.24, 2.45) is 0 Å². The smallest absolute Gasteiger partial charge is 0.135 e. The monoisotopic (exact) mass is 253 g/mol. The number of rotatable bonds is 4. The highest BCUT2D eigenvalue weighted by atomic mass is 32.1. The van der Waals surface area contributed by atoms with E-state index >= 15 is 0 Å². The van der Waals surface area contributed by atoms with Gasteiger partial charge in [-0.2, -0.15) is 0 Å². The van der Waals surface area contributed by atoms with Crippen LogP contribution in [0.3, 0.4) is 0 Å². The van der Waals surface area contributed by atoms with Gasteiger partial charge in [-0.1, -0.05) is 0 Å². The summed E-state index contributed by atoms with van der Waals surface area (Å²) in [6.45, 7) is 3.42. The average Bonchev–Trinajstić information content (AvgIpc) is 2.81. The van der Waals surface area contributed by atoms with E-state index in [1.807, 2.05) is 12.3 Å². The Labute approximate surface area is 104 Å². The topological polar surface area (TPSA) is 69.4 Å². The lowest BCUT2D eigenvalue weighted by Gasteiger charge is -2.17. The Hall–Kier alpha value is -1.40. The fourth-order valence-electron chi connectivity index (χ4n) is 1.72. The van der Waals surface area contributed by atoms with Gasteiger partial charge in [-0.15, -0.1) is 11.3 Å². The number of thiazole rings is 1. The molecule has 1 aliphatic rings. The molecule has 0 amide bonds. The van der Waals surface area contributed by atoms with Gasteiger partial charge < -0.3 is 14.7 Å². The maximum absolute atomic E-state index is 9.91. The Morgan fingerprint density at radius 1 is 1.65 bits per heavy atom. The second kappa shape index (κ2) is 4.85. The fraction of sp³-hybridized carbons (Fsp3) is 0.455. The van der Waals surface area contributed by atoms with Gasteiger partial charge in [0, 0.05) is 24.7 Å². The Morgan fingerprint density at radius 2 is 2.41 bits per heavy atom. The van der Waals surface area contributed by atoms with Crippen molar-refractivity contribution in [1.29, 1.82) is 5.41 Å². The molecule has 0 fully saturated rings. The van der Waals surface area contributed by atoms with Crippen molar-refractivity contribution in [2.45, 2.75) is 6.92 Å². The lowest BCUT2D eigenvalue weighted by atomic mass is 10.2. The lowest BCUT2D eigenvalue weighted by Crippen LogP contribution is -2.29. The summed E-state index contributed by atoms with van der Waals surface area (Å²) in [4.78, 5) is 6.09. The van der Waals surface area contributed by atoms with Crippen LogP contribution < -0.4 is 0 Å². The number of aliphatic hydroxyl groups excluding tert-OH is 1. The second-order valence-electron chi connectivity index (χ2n) is 3.88. The largest absolute Gasteiger partial charge is 0.510 e. The molecule has 0 bridgehead atoms. The molecule has 0 atom stereocenters. The molecule has 0 aliphatic carbocycles. The van der Waals surface area contributed by atoms with Crippen molar-refractivity contribution in [2.75, 3.05) is 26.8 Å². The number of hydrogen-bond donors (Lipinski definition) is 2. The van der Waals surface area contributed by atoms with Crippen LogP contribution in [0.4, 0.5) is 0 Å². The highest BCUT2D eigenvalue weighted by Crippen LogP contribution is 2.29. The maximum atomic E-state index is 9.91. The van der Waals surface area contributed by atoms with Gasteiger partial charge in [0.05, 0.1) is 18.7 Å². The third kappa shape index (κ3) is 2.32. The fourth-order valence-corrected chi connectivity index (χ4v) is 2.58. The van der Waals surface area contributed by atoms with Crippen LogP contribution in [0.25, 0.3) is 5.57 Å². The quantitative estimate of drug-likeness (QED) is 0.856. The van der Waals surface area contributed by atoms with Gasteiger partial charge in [0.2, 0.25) is 0 Å². The standard InChI is InChI=1S/C11H15N3O2S/c1-7-6-17-11(13-7)9-8(15)5-14(10(9)12)3-4-16-2/h6,12,15H,3-5H2,1-2H3. The summed E-state index contributed by atoms with van der Waals surface area (Å²) in [5, 5.41) is 20.6. The third-order valence-electron chi connectivity index (χ3n) is 2.58. The zero-order valence-electron chi connectivity index (χ0n) is 9.86. The van der Waals surface area contributed by atoms with E-state index < -0.39 is 0 Å². The highest BCUT2D eigenvalue weighted by Gasteiger charge is 2.29. The number of aliphatic hydroxyl groups is 1. The number of hydrogen-bond acceptors (Lipinski definition) is 5. The Balaban J connectivity index is 2.18. The number of methoxy groups -OCH3 is 1. The van der Waals surface area contributed by atoms with Crippen LogP contribution in [0.2, 0.25) is 0 Å². The van der Waals surface area contributed by atoms with Gasteiger partial charge in [0.25, 0.3) is 0 Å². The minimum Gasteiger partial charge on any atom is -0.510 e. The summed E-state index contributed by atoms with van der Waals surface area (Å²) in [5.41, 5.74) is 1.47. The summed E-state index contributed by atoms with van der Waals surface area (Å²) in [6, 6.07) is 0. The van der Waals surface area contributed by atoms with Crippen LogP contribution in [0, 0.1) is 12.3 Å². The first-order valence-electron chi connectivity index (χ1n) is 5.31. The number of nitrogens with zero attached hydrogens (tertiary/aromatic N) is 2. The van der Waals surface area contributed by atoms with E-state index in [4.69, 9.17) is 10.1 Å². The summed E-state index contributed by atoms with van der Waals surface area (Å²) >= 11 is 1.45. The number of aryl methyl sites for hydroxylation is 1. The molecule has 5 nitrogen and oxygen atoms in total. The number of nitrogens with one attached hydrogen (secondary N) is 1. The zero-order chi connectivity index (χ0) is 12.4. The molecule has 0 aromatic carbocycles. The van der Waals surface area contributed by atoms with Crippen molar-refractivity contribution in [3.8, 4) is 0 Å². The van der Waals surface area contributed by atoms with Gasteiger partial charge >= 0.3 is 0 Å². The van der Waals surface area contributed by atoms with Crippen LogP contribution in [0.5, 0.6) is 0 Å². The van der Waals surface area contributed by atoms with Crippen LogP contribution >= 0.6 is 11.3 Å². The molecule has 2 N–H and O–H groups in total. The van der Waals surface area contributed by atoms with Crippen molar-refractivity contribution in [3.63, 3.8) is 0 Å². The molecule has 1 aliphatic heterocycles. The lowest BCUT2D eigenvalue weighted by molar-refractivity contribution is 0.177. The molecule has 6 heteroatoms. The van der Waals surface area contributed by atoms with Gasteiger partial charge in [-0.25, -0.2) is 4.98 Å². The molecule has 0 spiro atoms. The molecule has 0 radical (unpaired) electrons. The average molecular weight is 253 g/mol.